The summed E-state index contributed by atoms with van der Waals surface area (Å²) in [6.07, 6.45) is 8.34. The minimum atomic E-state index is 0.432. The molecular formula is C18H22OS. The summed E-state index contributed by atoms with van der Waals surface area (Å²) in [6.45, 7) is 0. The molecule has 0 aliphatic heterocycles. The fraction of sp³-hybridized carbons (Fsp3) is 0.500. The molecule has 2 aliphatic carbocycles. The lowest BCUT2D eigenvalue weighted by molar-refractivity contribution is -0.117. The number of carbonyl (C=O) groups excluding carboxylic acids is 1. The SMILES string of the molecule is O=C1CC2CCCCCC(=C1CSc1ccccc1)C2. The zero-order chi connectivity index (χ0) is 13.8. The van der Waals surface area contributed by atoms with E-state index in [2.05, 4.69) is 24.3 Å². The maximum Gasteiger partial charge on any atom is 0.159 e. The van der Waals surface area contributed by atoms with Gasteiger partial charge in [0.05, 0.1) is 0 Å². The van der Waals surface area contributed by atoms with Gasteiger partial charge < -0.3 is 0 Å². The van der Waals surface area contributed by atoms with Gasteiger partial charge in [-0.1, -0.05) is 36.6 Å². The summed E-state index contributed by atoms with van der Waals surface area (Å²) < 4.78 is 0. The first-order valence-corrected chi connectivity index (χ1v) is 8.73. The zero-order valence-electron chi connectivity index (χ0n) is 11.9. The lowest BCUT2D eigenvalue weighted by Crippen LogP contribution is -2.22. The monoisotopic (exact) mass is 286 g/mol. The average molecular weight is 286 g/mol. The van der Waals surface area contributed by atoms with Crippen LogP contribution in [-0.4, -0.2) is 11.5 Å². The quantitative estimate of drug-likeness (QED) is 0.726. The number of benzene rings is 1. The number of rotatable bonds is 3. The summed E-state index contributed by atoms with van der Waals surface area (Å²) in [5.74, 6) is 1.94. The molecule has 2 bridgehead atoms. The van der Waals surface area contributed by atoms with Crippen molar-refractivity contribution < 1.29 is 4.79 Å². The van der Waals surface area contributed by atoms with Crippen LogP contribution in [0.25, 0.3) is 0 Å². The third-order valence-electron chi connectivity index (χ3n) is 4.49. The van der Waals surface area contributed by atoms with E-state index in [0.29, 0.717) is 11.7 Å². The number of hydrogen-bond acceptors (Lipinski definition) is 2. The Bertz CT molecular complexity index is 503. The van der Waals surface area contributed by atoms with Crippen LogP contribution < -0.4 is 0 Å². The van der Waals surface area contributed by atoms with Gasteiger partial charge in [-0.3, -0.25) is 4.79 Å². The van der Waals surface area contributed by atoms with Crippen LogP contribution in [0.15, 0.2) is 46.4 Å². The van der Waals surface area contributed by atoms with Gasteiger partial charge in [0.15, 0.2) is 5.78 Å². The lowest BCUT2D eigenvalue weighted by atomic mass is 9.77. The Morgan fingerprint density at radius 2 is 1.90 bits per heavy atom. The largest absolute Gasteiger partial charge is 0.295 e. The molecule has 1 nitrogen and oxygen atoms in total. The molecule has 20 heavy (non-hydrogen) atoms. The molecule has 0 heterocycles. The topological polar surface area (TPSA) is 17.1 Å². The first-order chi connectivity index (χ1) is 9.83. The maximum atomic E-state index is 12.4. The molecule has 1 fully saturated rings. The number of thioether (sulfide) groups is 1. The summed E-state index contributed by atoms with van der Waals surface area (Å²) in [5.41, 5.74) is 2.63. The van der Waals surface area contributed by atoms with Gasteiger partial charge in [0.25, 0.3) is 0 Å². The van der Waals surface area contributed by atoms with E-state index in [1.165, 1.54) is 42.6 Å². The van der Waals surface area contributed by atoms with E-state index in [1.54, 1.807) is 0 Å². The Balaban J connectivity index is 1.74. The second-order valence-corrected chi connectivity index (χ2v) is 7.03. The minimum absolute atomic E-state index is 0.432. The van der Waals surface area contributed by atoms with Gasteiger partial charge in [0, 0.05) is 22.6 Å². The van der Waals surface area contributed by atoms with E-state index in [4.69, 9.17) is 0 Å². The number of ketones is 1. The molecule has 1 aromatic rings. The number of hydrogen-bond donors (Lipinski definition) is 0. The van der Waals surface area contributed by atoms with Gasteiger partial charge in [-0.2, -0.15) is 0 Å². The highest BCUT2D eigenvalue weighted by atomic mass is 32.2. The second-order valence-electron chi connectivity index (χ2n) is 5.98. The highest BCUT2D eigenvalue weighted by Crippen LogP contribution is 2.37. The molecule has 2 aliphatic rings. The van der Waals surface area contributed by atoms with Gasteiger partial charge in [-0.25, -0.2) is 0 Å². The van der Waals surface area contributed by atoms with Gasteiger partial charge in [0.2, 0.25) is 0 Å². The predicted octanol–water partition coefficient (Wildman–Crippen LogP) is 5.02. The number of carbonyl (C=O) groups is 1. The Hall–Kier alpha value is -1.02. The highest BCUT2D eigenvalue weighted by Gasteiger charge is 2.27. The van der Waals surface area contributed by atoms with E-state index in [-0.39, 0.29) is 0 Å². The van der Waals surface area contributed by atoms with Crippen molar-refractivity contribution in [2.24, 2.45) is 5.92 Å². The van der Waals surface area contributed by atoms with Crippen molar-refractivity contribution in [2.75, 3.05) is 5.75 Å². The second kappa shape index (κ2) is 6.62. The molecule has 0 N–H and O–H groups in total. The standard InChI is InChI=1S/C18H22OS/c19-18-12-14-7-3-1-4-8-15(11-14)17(18)13-20-16-9-5-2-6-10-16/h2,5-6,9-10,14H,1,3-4,7-8,11-13H2. The zero-order valence-corrected chi connectivity index (χ0v) is 12.8. The Kier molecular flexibility index (Phi) is 4.62. The van der Waals surface area contributed by atoms with Crippen LogP contribution in [0.5, 0.6) is 0 Å². The minimum Gasteiger partial charge on any atom is -0.295 e. The fourth-order valence-corrected chi connectivity index (χ4v) is 4.41. The van der Waals surface area contributed by atoms with Crippen LogP contribution in [0.4, 0.5) is 0 Å². The van der Waals surface area contributed by atoms with E-state index >= 15 is 0 Å². The van der Waals surface area contributed by atoms with Gasteiger partial charge >= 0.3 is 0 Å². The summed E-state index contributed by atoms with van der Waals surface area (Å²) in [6, 6.07) is 10.4. The van der Waals surface area contributed by atoms with Crippen LogP contribution in [0, 0.1) is 5.92 Å². The molecular weight excluding hydrogens is 264 g/mol. The maximum absolute atomic E-state index is 12.4. The molecule has 1 unspecified atom stereocenters. The molecule has 1 saturated carbocycles. The van der Waals surface area contributed by atoms with Crippen LogP contribution in [-0.2, 0) is 4.79 Å². The van der Waals surface area contributed by atoms with Gasteiger partial charge in [-0.05, 0) is 43.7 Å². The molecule has 0 spiro atoms. The van der Waals surface area contributed by atoms with E-state index < -0.39 is 0 Å². The number of allylic oxidation sites excluding steroid dienone is 1. The van der Waals surface area contributed by atoms with Crippen LogP contribution in [0.3, 0.4) is 0 Å². The van der Waals surface area contributed by atoms with Crippen LogP contribution >= 0.6 is 11.8 Å². The third-order valence-corrected chi connectivity index (χ3v) is 5.53. The third kappa shape index (κ3) is 3.35. The molecule has 0 amide bonds. The van der Waals surface area contributed by atoms with E-state index in [1.807, 2.05) is 17.8 Å². The highest BCUT2D eigenvalue weighted by molar-refractivity contribution is 7.99. The summed E-state index contributed by atoms with van der Waals surface area (Å²) in [5, 5.41) is 0. The van der Waals surface area contributed by atoms with Crippen LogP contribution in [0.1, 0.15) is 44.9 Å². The molecule has 106 valence electrons. The molecule has 0 aromatic heterocycles. The molecule has 0 radical (unpaired) electrons. The first-order valence-electron chi connectivity index (χ1n) is 7.75. The van der Waals surface area contributed by atoms with Crippen LogP contribution in [0.2, 0.25) is 0 Å². The fourth-order valence-electron chi connectivity index (χ4n) is 3.39. The molecule has 3 rings (SSSR count). The molecule has 1 atom stereocenters. The van der Waals surface area contributed by atoms with Crippen molar-refractivity contribution >= 4 is 17.5 Å². The average Bonchev–Trinajstić information content (AvgIpc) is 2.44. The van der Waals surface area contributed by atoms with Crippen molar-refractivity contribution in [1.82, 2.24) is 0 Å². The molecule has 1 aromatic carbocycles. The summed E-state index contributed by atoms with van der Waals surface area (Å²) >= 11 is 1.81. The normalized spacial score (nSPS) is 23.4. The Morgan fingerprint density at radius 3 is 2.75 bits per heavy atom. The van der Waals surface area contributed by atoms with Crippen molar-refractivity contribution in [2.45, 2.75) is 49.8 Å². The van der Waals surface area contributed by atoms with Crippen molar-refractivity contribution in [1.29, 1.82) is 0 Å². The predicted molar refractivity (Wildman–Crippen MR) is 85.0 cm³/mol. The number of fused-ring (bicyclic) bond motifs is 2. The van der Waals surface area contributed by atoms with E-state index in [9.17, 15) is 4.79 Å². The summed E-state index contributed by atoms with van der Waals surface area (Å²) in [4.78, 5) is 13.7. The molecule has 2 heteroatoms. The van der Waals surface area contributed by atoms with Crippen molar-refractivity contribution in [3.8, 4) is 0 Å². The Labute approximate surface area is 125 Å². The Morgan fingerprint density at radius 1 is 1.05 bits per heavy atom. The summed E-state index contributed by atoms with van der Waals surface area (Å²) in [7, 11) is 0. The lowest BCUT2D eigenvalue weighted by Gasteiger charge is -2.28. The number of Topliss-reactive ketones (excluding diaryl/α,β-unsaturated/α-hetero) is 1. The molecule has 0 saturated heterocycles. The smallest absolute Gasteiger partial charge is 0.159 e. The van der Waals surface area contributed by atoms with Gasteiger partial charge in [0.1, 0.15) is 0 Å². The first kappa shape index (κ1) is 13.9. The van der Waals surface area contributed by atoms with Gasteiger partial charge in [-0.15, -0.1) is 11.8 Å². The van der Waals surface area contributed by atoms with Crippen molar-refractivity contribution in [3.05, 3.63) is 41.5 Å². The van der Waals surface area contributed by atoms with E-state index in [0.717, 1.165) is 24.2 Å². The van der Waals surface area contributed by atoms with Crippen molar-refractivity contribution in [3.63, 3.8) is 0 Å².